The van der Waals surface area contributed by atoms with Crippen molar-refractivity contribution in [2.75, 3.05) is 17.1 Å². The van der Waals surface area contributed by atoms with Gasteiger partial charge in [-0.05, 0) is 36.6 Å². The first-order valence-electron chi connectivity index (χ1n) is 7.97. The van der Waals surface area contributed by atoms with Crippen LogP contribution in [0.3, 0.4) is 0 Å². The van der Waals surface area contributed by atoms with Crippen LogP contribution < -0.4 is 4.31 Å². The van der Waals surface area contributed by atoms with Crippen LogP contribution in [0.4, 0.5) is 5.69 Å². The number of carbonyl (C=O) groups is 1. The fourth-order valence-electron chi connectivity index (χ4n) is 2.73. The minimum absolute atomic E-state index is 0.0951. The highest BCUT2D eigenvalue weighted by atomic mass is 32.2. The molecule has 0 bridgehead atoms. The number of nitrogens with zero attached hydrogens (tertiary/aromatic N) is 3. The summed E-state index contributed by atoms with van der Waals surface area (Å²) in [7, 11) is -3.31. The average Bonchev–Trinajstić information content (AvgIpc) is 3.18. The number of carbonyl (C=O) groups excluding carboxylic acids is 1. The summed E-state index contributed by atoms with van der Waals surface area (Å²) in [4.78, 5) is 16.3. The minimum atomic E-state index is -3.31. The maximum Gasteiger partial charge on any atom is 0.338 e. The van der Waals surface area contributed by atoms with Crippen LogP contribution in [0.1, 0.15) is 41.0 Å². The molecule has 3 rings (SSSR count). The molecular formula is C16H19N3O5S. The molecule has 2 aromatic rings. The summed E-state index contributed by atoms with van der Waals surface area (Å²) in [5.41, 5.74) is 1.78. The molecule has 1 aliphatic heterocycles. The van der Waals surface area contributed by atoms with E-state index in [-0.39, 0.29) is 12.5 Å². The molecule has 25 heavy (non-hydrogen) atoms. The molecule has 0 unspecified atom stereocenters. The molecule has 0 fully saturated rings. The van der Waals surface area contributed by atoms with Gasteiger partial charge in [-0.1, -0.05) is 12.1 Å². The van der Waals surface area contributed by atoms with Gasteiger partial charge in [0.25, 0.3) is 5.89 Å². The third-order valence-corrected chi connectivity index (χ3v) is 5.06. The number of anilines is 1. The molecule has 8 nitrogen and oxygen atoms in total. The third-order valence-electron chi connectivity index (χ3n) is 3.88. The summed E-state index contributed by atoms with van der Waals surface area (Å²) < 4.78 is 35.0. The molecule has 0 radical (unpaired) electrons. The van der Waals surface area contributed by atoms with Crippen LogP contribution in [-0.4, -0.2) is 37.3 Å². The van der Waals surface area contributed by atoms with E-state index in [4.69, 9.17) is 9.26 Å². The van der Waals surface area contributed by atoms with Crippen LogP contribution in [0, 0.1) is 0 Å². The van der Waals surface area contributed by atoms with Crippen molar-refractivity contribution in [1.29, 1.82) is 0 Å². The Labute approximate surface area is 145 Å². The van der Waals surface area contributed by atoms with Gasteiger partial charge in [0, 0.05) is 13.0 Å². The number of rotatable bonds is 6. The largest absolute Gasteiger partial charge is 0.452 e. The second-order valence-electron chi connectivity index (χ2n) is 5.86. The normalized spacial score (nSPS) is 13.8. The molecule has 2 heterocycles. The minimum Gasteiger partial charge on any atom is -0.452 e. The van der Waals surface area contributed by atoms with Crippen molar-refractivity contribution >= 4 is 21.7 Å². The quantitative estimate of drug-likeness (QED) is 0.718. The lowest BCUT2D eigenvalue weighted by atomic mass is 10.1. The van der Waals surface area contributed by atoms with Gasteiger partial charge in [-0.2, -0.15) is 4.98 Å². The molecule has 0 atom stereocenters. The van der Waals surface area contributed by atoms with Gasteiger partial charge in [-0.3, -0.25) is 4.31 Å². The summed E-state index contributed by atoms with van der Waals surface area (Å²) in [6.45, 7) is 2.30. The topological polar surface area (TPSA) is 103 Å². The van der Waals surface area contributed by atoms with Gasteiger partial charge >= 0.3 is 5.97 Å². The molecule has 1 aliphatic rings. The molecule has 0 N–H and O–H groups in total. The number of hydrogen-bond acceptors (Lipinski definition) is 7. The lowest BCUT2D eigenvalue weighted by Gasteiger charge is -2.16. The molecule has 1 aromatic heterocycles. The number of aryl methyl sites for hydroxylation is 1. The van der Waals surface area contributed by atoms with E-state index in [1.165, 1.54) is 10.6 Å². The van der Waals surface area contributed by atoms with Crippen molar-refractivity contribution in [1.82, 2.24) is 10.1 Å². The van der Waals surface area contributed by atoms with Gasteiger partial charge in [0.15, 0.2) is 12.4 Å². The monoisotopic (exact) mass is 365 g/mol. The summed E-state index contributed by atoms with van der Waals surface area (Å²) in [6, 6.07) is 4.85. The van der Waals surface area contributed by atoms with Gasteiger partial charge in [-0.15, -0.1) is 0 Å². The van der Waals surface area contributed by atoms with Crippen molar-refractivity contribution in [2.24, 2.45) is 0 Å². The predicted molar refractivity (Wildman–Crippen MR) is 89.7 cm³/mol. The molecule has 134 valence electrons. The summed E-state index contributed by atoms with van der Waals surface area (Å²) in [5.74, 6) is 0.323. The van der Waals surface area contributed by atoms with E-state index in [2.05, 4.69) is 10.1 Å². The standard InChI is InChI=1S/C16H19N3O5S/c1-3-4-14-17-15(24-18-14)10-23-16(20)12-5-6-13-11(9-12)7-8-19(13)25(2,21)22/h5-6,9H,3-4,7-8,10H2,1-2H3. The smallest absolute Gasteiger partial charge is 0.338 e. The molecular weight excluding hydrogens is 346 g/mol. The third kappa shape index (κ3) is 3.81. The van der Waals surface area contributed by atoms with Gasteiger partial charge in [0.1, 0.15) is 0 Å². The molecule has 1 aromatic carbocycles. The lowest BCUT2D eigenvalue weighted by Crippen LogP contribution is -2.27. The SMILES string of the molecule is CCCc1noc(COC(=O)c2ccc3c(c2)CCN3S(C)(=O)=O)n1. The Morgan fingerprint density at radius 3 is 2.92 bits per heavy atom. The highest BCUT2D eigenvalue weighted by molar-refractivity contribution is 7.92. The number of esters is 1. The average molecular weight is 365 g/mol. The van der Waals surface area contributed by atoms with Crippen LogP contribution in [-0.2, 0) is 34.2 Å². The number of ether oxygens (including phenoxy) is 1. The zero-order valence-corrected chi connectivity index (χ0v) is 14.9. The van der Waals surface area contributed by atoms with E-state index in [0.717, 1.165) is 12.0 Å². The van der Waals surface area contributed by atoms with Crippen LogP contribution in [0.15, 0.2) is 22.7 Å². The number of benzene rings is 1. The van der Waals surface area contributed by atoms with E-state index < -0.39 is 16.0 Å². The van der Waals surface area contributed by atoms with Crippen LogP contribution in [0.2, 0.25) is 0 Å². The predicted octanol–water partition coefficient (Wildman–Crippen LogP) is 1.70. The van der Waals surface area contributed by atoms with Crippen LogP contribution in [0.25, 0.3) is 0 Å². The Morgan fingerprint density at radius 2 is 2.20 bits per heavy atom. The number of hydrogen-bond donors (Lipinski definition) is 0. The first-order chi connectivity index (χ1) is 11.9. The van der Waals surface area contributed by atoms with Gasteiger partial charge in [-0.25, -0.2) is 13.2 Å². The van der Waals surface area contributed by atoms with Crippen molar-refractivity contribution in [3.05, 3.63) is 41.0 Å². The van der Waals surface area contributed by atoms with E-state index in [0.29, 0.717) is 36.5 Å². The van der Waals surface area contributed by atoms with E-state index in [1.54, 1.807) is 18.2 Å². The Balaban J connectivity index is 1.67. The highest BCUT2D eigenvalue weighted by Gasteiger charge is 2.27. The van der Waals surface area contributed by atoms with Crippen LogP contribution in [0.5, 0.6) is 0 Å². The Hall–Kier alpha value is -2.42. The maximum atomic E-state index is 12.2. The Morgan fingerprint density at radius 1 is 1.40 bits per heavy atom. The molecule has 9 heteroatoms. The number of sulfonamides is 1. The Bertz CT molecular complexity index is 891. The maximum absolute atomic E-state index is 12.2. The van der Waals surface area contributed by atoms with Gasteiger partial charge in [0.05, 0.1) is 17.5 Å². The first-order valence-corrected chi connectivity index (χ1v) is 9.82. The summed E-state index contributed by atoms with van der Waals surface area (Å²) >= 11 is 0. The second-order valence-corrected chi connectivity index (χ2v) is 7.77. The molecule has 0 saturated carbocycles. The Kier molecular flexibility index (Phi) is 4.76. The first kappa shape index (κ1) is 17.4. The molecule has 0 aliphatic carbocycles. The van der Waals surface area contributed by atoms with Gasteiger partial charge in [0.2, 0.25) is 10.0 Å². The fraction of sp³-hybridized carbons (Fsp3) is 0.438. The van der Waals surface area contributed by atoms with E-state index in [9.17, 15) is 13.2 Å². The second kappa shape index (κ2) is 6.83. The van der Waals surface area contributed by atoms with Gasteiger partial charge < -0.3 is 9.26 Å². The fourth-order valence-corrected chi connectivity index (χ4v) is 3.69. The zero-order chi connectivity index (χ0) is 18.0. The molecule has 0 spiro atoms. The summed E-state index contributed by atoms with van der Waals surface area (Å²) in [5, 5.41) is 3.80. The molecule has 0 amide bonds. The highest BCUT2D eigenvalue weighted by Crippen LogP contribution is 2.30. The van der Waals surface area contributed by atoms with Crippen molar-refractivity contribution in [3.8, 4) is 0 Å². The lowest BCUT2D eigenvalue weighted by molar-refractivity contribution is 0.0429. The van der Waals surface area contributed by atoms with E-state index >= 15 is 0 Å². The van der Waals surface area contributed by atoms with Crippen molar-refractivity contribution in [2.45, 2.75) is 32.8 Å². The van der Waals surface area contributed by atoms with Crippen molar-refractivity contribution < 1.29 is 22.5 Å². The van der Waals surface area contributed by atoms with Crippen molar-refractivity contribution in [3.63, 3.8) is 0 Å². The van der Waals surface area contributed by atoms with E-state index in [1.807, 2.05) is 6.92 Å². The summed E-state index contributed by atoms with van der Waals surface area (Å²) in [6.07, 6.45) is 3.34. The molecule has 0 saturated heterocycles. The zero-order valence-electron chi connectivity index (χ0n) is 14.1. The number of fused-ring (bicyclic) bond motifs is 1. The number of aromatic nitrogens is 2. The van der Waals surface area contributed by atoms with Crippen LogP contribution >= 0.6 is 0 Å².